The van der Waals surface area contributed by atoms with Crippen LogP contribution in [0, 0.1) is 0 Å². The maximum atomic E-state index is 5.93. The number of rotatable bonds is 6. The van der Waals surface area contributed by atoms with Crippen LogP contribution >= 0.6 is 0 Å². The molecule has 15 heavy (non-hydrogen) atoms. The lowest BCUT2D eigenvalue weighted by Crippen LogP contribution is -2.33. The lowest BCUT2D eigenvalue weighted by Gasteiger charge is -2.21. The SMILES string of the molecule is CN(CCCC(C)(C)N)Cc1ccc[nH]1. The van der Waals surface area contributed by atoms with Gasteiger partial charge in [0.2, 0.25) is 0 Å². The molecule has 0 spiro atoms. The van der Waals surface area contributed by atoms with Gasteiger partial charge < -0.3 is 15.6 Å². The molecule has 0 saturated carbocycles. The van der Waals surface area contributed by atoms with E-state index in [-0.39, 0.29) is 5.54 Å². The van der Waals surface area contributed by atoms with E-state index in [1.807, 2.05) is 12.3 Å². The Kier molecular flexibility index (Phi) is 4.36. The summed E-state index contributed by atoms with van der Waals surface area (Å²) in [6.07, 6.45) is 4.19. The third-order valence-electron chi connectivity index (χ3n) is 2.46. The summed E-state index contributed by atoms with van der Waals surface area (Å²) in [6.45, 7) is 6.24. The van der Waals surface area contributed by atoms with Crippen LogP contribution in [0.15, 0.2) is 18.3 Å². The smallest absolute Gasteiger partial charge is 0.0382 e. The summed E-state index contributed by atoms with van der Waals surface area (Å²) < 4.78 is 0. The van der Waals surface area contributed by atoms with Crippen molar-refractivity contribution in [3.8, 4) is 0 Å². The monoisotopic (exact) mass is 209 g/mol. The fraction of sp³-hybridized carbons (Fsp3) is 0.667. The van der Waals surface area contributed by atoms with Crippen molar-refractivity contribution >= 4 is 0 Å². The topological polar surface area (TPSA) is 45.0 Å². The summed E-state index contributed by atoms with van der Waals surface area (Å²) in [5.74, 6) is 0. The van der Waals surface area contributed by atoms with E-state index >= 15 is 0 Å². The van der Waals surface area contributed by atoms with Crippen molar-refractivity contribution in [3.05, 3.63) is 24.0 Å². The zero-order valence-electron chi connectivity index (χ0n) is 10.1. The van der Waals surface area contributed by atoms with E-state index in [0.29, 0.717) is 0 Å². The summed E-state index contributed by atoms with van der Waals surface area (Å²) in [5.41, 5.74) is 7.17. The second-order valence-electron chi connectivity index (χ2n) is 5.03. The zero-order chi connectivity index (χ0) is 11.3. The van der Waals surface area contributed by atoms with Crippen LogP contribution in [0.25, 0.3) is 0 Å². The Morgan fingerprint density at radius 1 is 1.47 bits per heavy atom. The Morgan fingerprint density at radius 2 is 2.20 bits per heavy atom. The maximum absolute atomic E-state index is 5.93. The molecule has 1 rings (SSSR count). The van der Waals surface area contributed by atoms with Gasteiger partial charge in [-0.25, -0.2) is 0 Å². The molecule has 0 aliphatic rings. The molecule has 0 saturated heterocycles. The van der Waals surface area contributed by atoms with Crippen molar-refractivity contribution in [1.82, 2.24) is 9.88 Å². The number of nitrogens with two attached hydrogens (primary N) is 1. The lowest BCUT2D eigenvalue weighted by atomic mass is 10.0. The van der Waals surface area contributed by atoms with Crippen LogP contribution in [0.3, 0.4) is 0 Å². The predicted octanol–water partition coefficient (Wildman–Crippen LogP) is 1.96. The molecule has 0 bridgehead atoms. The summed E-state index contributed by atoms with van der Waals surface area (Å²) >= 11 is 0. The quantitative estimate of drug-likeness (QED) is 0.752. The van der Waals surface area contributed by atoms with Gasteiger partial charge in [-0.1, -0.05) is 0 Å². The van der Waals surface area contributed by atoms with Gasteiger partial charge in [0, 0.05) is 24.0 Å². The van der Waals surface area contributed by atoms with E-state index in [4.69, 9.17) is 5.73 Å². The van der Waals surface area contributed by atoms with Crippen LogP contribution in [-0.2, 0) is 6.54 Å². The predicted molar refractivity (Wildman–Crippen MR) is 64.6 cm³/mol. The van der Waals surface area contributed by atoms with Crippen molar-refractivity contribution in [1.29, 1.82) is 0 Å². The summed E-state index contributed by atoms with van der Waals surface area (Å²) in [6, 6.07) is 4.15. The third-order valence-corrected chi connectivity index (χ3v) is 2.46. The first-order valence-electron chi connectivity index (χ1n) is 5.57. The normalized spacial score (nSPS) is 12.3. The van der Waals surface area contributed by atoms with Crippen LogP contribution in [-0.4, -0.2) is 29.0 Å². The average Bonchev–Trinajstić information content (AvgIpc) is 2.54. The van der Waals surface area contributed by atoms with E-state index in [0.717, 1.165) is 25.9 Å². The molecule has 1 aromatic rings. The highest BCUT2D eigenvalue weighted by molar-refractivity contribution is 5.02. The summed E-state index contributed by atoms with van der Waals surface area (Å²) in [7, 11) is 2.14. The number of hydrogen-bond donors (Lipinski definition) is 2. The van der Waals surface area contributed by atoms with E-state index < -0.39 is 0 Å². The standard InChI is InChI=1S/C12H23N3/c1-12(2,13)7-5-9-15(3)10-11-6-4-8-14-11/h4,6,8,14H,5,7,9-10,13H2,1-3H3. The largest absolute Gasteiger partial charge is 0.364 e. The highest BCUT2D eigenvalue weighted by Gasteiger charge is 2.10. The molecule has 3 nitrogen and oxygen atoms in total. The fourth-order valence-corrected chi connectivity index (χ4v) is 1.64. The highest BCUT2D eigenvalue weighted by Crippen LogP contribution is 2.08. The molecule has 86 valence electrons. The minimum atomic E-state index is -0.0345. The molecule has 0 aliphatic heterocycles. The van der Waals surface area contributed by atoms with E-state index in [9.17, 15) is 0 Å². The second kappa shape index (κ2) is 5.33. The first-order valence-corrected chi connectivity index (χ1v) is 5.57. The number of aromatic amines is 1. The Bertz CT molecular complexity index is 259. The number of nitrogens with zero attached hydrogens (tertiary/aromatic N) is 1. The van der Waals surface area contributed by atoms with Gasteiger partial charge in [0.15, 0.2) is 0 Å². The van der Waals surface area contributed by atoms with Crippen LogP contribution in [0.4, 0.5) is 0 Å². The van der Waals surface area contributed by atoms with Crippen LogP contribution in [0.1, 0.15) is 32.4 Å². The van der Waals surface area contributed by atoms with Crippen LogP contribution in [0.5, 0.6) is 0 Å². The van der Waals surface area contributed by atoms with E-state index in [1.165, 1.54) is 5.69 Å². The number of H-pyrrole nitrogens is 1. The molecular formula is C12H23N3. The first-order chi connectivity index (χ1) is 6.97. The van der Waals surface area contributed by atoms with Crippen molar-refractivity contribution in [3.63, 3.8) is 0 Å². The third kappa shape index (κ3) is 5.60. The van der Waals surface area contributed by atoms with Gasteiger partial charge in [-0.3, -0.25) is 0 Å². The van der Waals surface area contributed by atoms with Gasteiger partial charge in [-0.2, -0.15) is 0 Å². The number of aromatic nitrogens is 1. The second-order valence-corrected chi connectivity index (χ2v) is 5.03. The van der Waals surface area contributed by atoms with Crippen molar-refractivity contribution in [2.24, 2.45) is 5.73 Å². The molecule has 0 aliphatic carbocycles. The van der Waals surface area contributed by atoms with Gasteiger partial charge in [0.25, 0.3) is 0 Å². The number of nitrogens with one attached hydrogen (secondary N) is 1. The number of hydrogen-bond acceptors (Lipinski definition) is 2. The molecule has 1 aromatic heterocycles. The van der Waals surface area contributed by atoms with Crippen LogP contribution in [0.2, 0.25) is 0 Å². The molecule has 0 atom stereocenters. The van der Waals surface area contributed by atoms with E-state index in [2.05, 4.69) is 36.8 Å². The highest BCUT2D eigenvalue weighted by atomic mass is 15.1. The Hall–Kier alpha value is -0.800. The molecule has 0 amide bonds. The van der Waals surface area contributed by atoms with Crippen molar-refractivity contribution in [2.45, 2.75) is 38.8 Å². The average molecular weight is 209 g/mol. The Balaban J connectivity index is 2.17. The lowest BCUT2D eigenvalue weighted by molar-refractivity contribution is 0.300. The molecule has 3 heteroatoms. The fourth-order valence-electron chi connectivity index (χ4n) is 1.64. The maximum Gasteiger partial charge on any atom is 0.0382 e. The van der Waals surface area contributed by atoms with Gasteiger partial charge >= 0.3 is 0 Å². The Morgan fingerprint density at radius 3 is 2.73 bits per heavy atom. The van der Waals surface area contributed by atoms with Crippen LogP contribution < -0.4 is 5.73 Å². The molecule has 0 unspecified atom stereocenters. The van der Waals surface area contributed by atoms with Gasteiger partial charge in [0.05, 0.1) is 0 Å². The molecule has 0 radical (unpaired) electrons. The molecular weight excluding hydrogens is 186 g/mol. The molecule has 1 heterocycles. The first kappa shape index (κ1) is 12.3. The van der Waals surface area contributed by atoms with Gasteiger partial charge in [0.1, 0.15) is 0 Å². The minimum absolute atomic E-state index is 0.0345. The molecule has 0 aromatic carbocycles. The Labute approximate surface area is 92.7 Å². The van der Waals surface area contributed by atoms with Gasteiger partial charge in [-0.05, 0) is 52.4 Å². The van der Waals surface area contributed by atoms with Crippen molar-refractivity contribution in [2.75, 3.05) is 13.6 Å². The van der Waals surface area contributed by atoms with E-state index in [1.54, 1.807) is 0 Å². The molecule has 3 N–H and O–H groups in total. The van der Waals surface area contributed by atoms with Crippen molar-refractivity contribution < 1.29 is 0 Å². The molecule has 0 fully saturated rings. The summed E-state index contributed by atoms with van der Waals surface area (Å²) in [4.78, 5) is 5.53. The minimum Gasteiger partial charge on any atom is -0.364 e. The van der Waals surface area contributed by atoms with Gasteiger partial charge in [-0.15, -0.1) is 0 Å². The zero-order valence-corrected chi connectivity index (χ0v) is 10.1. The summed E-state index contributed by atoms with van der Waals surface area (Å²) in [5, 5.41) is 0.